The number of carbonyl (C=O) groups is 1. The number of carboxylic acids is 1. The van der Waals surface area contributed by atoms with Gasteiger partial charge in [-0.2, -0.15) is 0 Å². The molecule has 1 aliphatic heterocycles. The number of rotatable bonds is 3. The van der Waals surface area contributed by atoms with Crippen LogP contribution in [0, 0.1) is 5.92 Å². The van der Waals surface area contributed by atoms with Crippen molar-refractivity contribution in [2.45, 2.75) is 37.8 Å². The second kappa shape index (κ2) is 4.56. The van der Waals surface area contributed by atoms with Gasteiger partial charge in [0.2, 0.25) is 0 Å². The molecule has 0 bridgehead atoms. The first-order chi connectivity index (χ1) is 10.2. The maximum absolute atomic E-state index is 11.5. The van der Waals surface area contributed by atoms with Crippen LogP contribution in [0.1, 0.15) is 31.4 Å². The summed E-state index contributed by atoms with van der Waals surface area (Å²) in [6.45, 7) is 1.68. The topological polar surface area (TPSA) is 69.2 Å². The van der Waals surface area contributed by atoms with E-state index in [-0.39, 0.29) is 11.5 Å². The predicted octanol–water partition coefficient (Wildman–Crippen LogP) is 2.39. The Hall–Kier alpha value is -1.88. The van der Waals surface area contributed by atoms with Crippen molar-refractivity contribution in [1.29, 1.82) is 0 Å². The van der Waals surface area contributed by atoms with E-state index in [1.165, 1.54) is 0 Å². The highest BCUT2D eigenvalue weighted by Crippen LogP contribution is 2.49. The fraction of sp³-hybridized carbons (Fsp3) is 0.500. The van der Waals surface area contributed by atoms with E-state index in [0.29, 0.717) is 0 Å². The van der Waals surface area contributed by atoms with Crippen LogP contribution in [0.5, 0.6) is 0 Å². The highest BCUT2D eigenvalue weighted by Gasteiger charge is 2.55. The van der Waals surface area contributed by atoms with Crippen LogP contribution in [0.15, 0.2) is 24.5 Å². The molecular weight excluding hydrogens is 266 g/mol. The number of nitrogens with zero attached hydrogens (tertiary/aromatic N) is 2. The van der Waals surface area contributed by atoms with Crippen molar-refractivity contribution in [3.8, 4) is 0 Å². The van der Waals surface area contributed by atoms with Gasteiger partial charge in [0.05, 0.1) is 5.92 Å². The monoisotopic (exact) mass is 285 g/mol. The highest BCUT2D eigenvalue weighted by atomic mass is 16.4. The molecule has 1 aliphatic carbocycles. The van der Waals surface area contributed by atoms with E-state index in [0.717, 1.165) is 55.4 Å². The minimum atomic E-state index is -0.627. The molecule has 2 aliphatic rings. The Balaban J connectivity index is 1.60. The number of carboxylic acid groups (broad SMARTS) is 1. The van der Waals surface area contributed by atoms with Gasteiger partial charge in [-0.1, -0.05) is 0 Å². The normalized spacial score (nSPS) is 24.5. The molecule has 3 heterocycles. The summed E-state index contributed by atoms with van der Waals surface area (Å²) in [6.07, 6.45) is 7.61. The van der Waals surface area contributed by atoms with Crippen LogP contribution >= 0.6 is 0 Å². The molecule has 1 saturated carbocycles. The van der Waals surface area contributed by atoms with Gasteiger partial charge in [0, 0.05) is 47.6 Å². The van der Waals surface area contributed by atoms with Gasteiger partial charge < -0.3 is 10.1 Å². The molecule has 1 spiro atoms. The number of aliphatic carboxylic acids is 1. The van der Waals surface area contributed by atoms with E-state index in [2.05, 4.69) is 20.9 Å². The quantitative estimate of drug-likeness (QED) is 0.908. The lowest BCUT2D eigenvalue weighted by molar-refractivity contribution is -0.147. The van der Waals surface area contributed by atoms with Gasteiger partial charge >= 0.3 is 5.97 Å². The van der Waals surface area contributed by atoms with Gasteiger partial charge in [-0.05, 0) is 37.8 Å². The fourth-order valence-corrected chi connectivity index (χ4v) is 4.11. The van der Waals surface area contributed by atoms with Gasteiger partial charge in [-0.15, -0.1) is 0 Å². The van der Waals surface area contributed by atoms with E-state index in [4.69, 9.17) is 0 Å². The summed E-state index contributed by atoms with van der Waals surface area (Å²) in [6, 6.07) is 4.10. The number of aromatic amines is 1. The van der Waals surface area contributed by atoms with Crippen molar-refractivity contribution in [3.63, 3.8) is 0 Å². The molecule has 2 aromatic rings. The van der Waals surface area contributed by atoms with Crippen molar-refractivity contribution in [3.05, 3.63) is 30.2 Å². The second-order valence-electron chi connectivity index (χ2n) is 6.32. The smallest absolute Gasteiger partial charge is 0.308 e. The zero-order valence-corrected chi connectivity index (χ0v) is 11.9. The minimum absolute atomic E-state index is 0.0959. The zero-order valence-electron chi connectivity index (χ0n) is 11.9. The van der Waals surface area contributed by atoms with Crippen LogP contribution < -0.4 is 0 Å². The first-order valence-corrected chi connectivity index (χ1v) is 7.58. The molecule has 2 aromatic heterocycles. The number of hydrogen-bond acceptors (Lipinski definition) is 3. The fourth-order valence-electron chi connectivity index (χ4n) is 4.11. The van der Waals surface area contributed by atoms with Gasteiger partial charge in [-0.3, -0.25) is 14.7 Å². The van der Waals surface area contributed by atoms with Crippen molar-refractivity contribution in [1.82, 2.24) is 14.9 Å². The molecule has 1 saturated heterocycles. The van der Waals surface area contributed by atoms with E-state index >= 15 is 0 Å². The van der Waals surface area contributed by atoms with E-state index in [1.807, 2.05) is 12.3 Å². The first kappa shape index (κ1) is 12.8. The minimum Gasteiger partial charge on any atom is -0.481 e. The molecule has 1 atom stereocenters. The Morgan fingerprint density at radius 1 is 1.52 bits per heavy atom. The molecule has 0 aromatic carbocycles. The van der Waals surface area contributed by atoms with Gasteiger partial charge in [-0.25, -0.2) is 0 Å². The first-order valence-electron chi connectivity index (χ1n) is 7.58. The summed E-state index contributed by atoms with van der Waals surface area (Å²) in [5.41, 5.74) is 2.15. The van der Waals surface area contributed by atoms with Crippen molar-refractivity contribution in [2.75, 3.05) is 6.54 Å². The Bertz CT molecular complexity index is 657. The third-order valence-electron chi connectivity index (χ3n) is 5.32. The maximum Gasteiger partial charge on any atom is 0.308 e. The SMILES string of the molecule is O=C(O)C1CCN(Cc2cc3cnccc3[nH]2)C12CCC2. The molecule has 0 radical (unpaired) electrons. The molecule has 0 amide bonds. The van der Waals surface area contributed by atoms with Crippen molar-refractivity contribution in [2.24, 2.45) is 5.92 Å². The summed E-state index contributed by atoms with van der Waals surface area (Å²) < 4.78 is 0. The van der Waals surface area contributed by atoms with E-state index < -0.39 is 5.97 Å². The Morgan fingerprint density at radius 3 is 3.05 bits per heavy atom. The molecule has 4 rings (SSSR count). The lowest BCUT2D eigenvalue weighted by Crippen LogP contribution is -2.54. The van der Waals surface area contributed by atoms with E-state index in [9.17, 15) is 9.90 Å². The summed E-state index contributed by atoms with van der Waals surface area (Å²) in [5.74, 6) is -0.824. The average Bonchev–Trinajstić information content (AvgIpc) is 2.98. The molecule has 5 heteroatoms. The Kier molecular flexibility index (Phi) is 2.79. The molecule has 2 fully saturated rings. The summed E-state index contributed by atoms with van der Waals surface area (Å²) in [4.78, 5) is 21.4. The van der Waals surface area contributed by atoms with Crippen molar-refractivity contribution < 1.29 is 9.90 Å². The molecular formula is C16H19N3O2. The van der Waals surface area contributed by atoms with Crippen LogP contribution in [-0.2, 0) is 11.3 Å². The van der Waals surface area contributed by atoms with Crippen LogP contribution in [0.3, 0.4) is 0 Å². The number of aromatic nitrogens is 2. The summed E-state index contributed by atoms with van der Waals surface area (Å²) in [5, 5.41) is 10.6. The standard InChI is InChI=1S/C16H19N3O2/c20-15(21)13-3-7-19(16(13)4-1-5-16)10-12-8-11-9-17-6-2-14(11)18-12/h2,6,8-9,13,18H,1,3-5,7,10H2,(H,20,21). The lowest BCUT2D eigenvalue weighted by atomic mass is 9.68. The Labute approximate surface area is 123 Å². The Morgan fingerprint density at radius 2 is 2.38 bits per heavy atom. The summed E-state index contributed by atoms with van der Waals surface area (Å²) >= 11 is 0. The van der Waals surface area contributed by atoms with Crippen LogP contribution in [0.4, 0.5) is 0 Å². The van der Waals surface area contributed by atoms with Crippen LogP contribution in [0.2, 0.25) is 0 Å². The number of H-pyrrole nitrogens is 1. The van der Waals surface area contributed by atoms with Gasteiger partial charge in [0.25, 0.3) is 0 Å². The number of hydrogen-bond donors (Lipinski definition) is 2. The molecule has 110 valence electrons. The third kappa shape index (κ3) is 1.87. The molecule has 2 N–H and O–H groups in total. The molecule has 1 unspecified atom stereocenters. The lowest BCUT2D eigenvalue weighted by Gasteiger charge is -2.48. The molecule has 5 nitrogen and oxygen atoms in total. The van der Waals surface area contributed by atoms with Crippen LogP contribution in [0.25, 0.3) is 10.9 Å². The highest BCUT2D eigenvalue weighted by molar-refractivity contribution is 5.79. The average molecular weight is 285 g/mol. The number of nitrogens with one attached hydrogen (secondary N) is 1. The van der Waals surface area contributed by atoms with Gasteiger partial charge in [0.15, 0.2) is 0 Å². The van der Waals surface area contributed by atoms with E-state index in [1.54, 1.807) is 6.20 Å². The third-order valence-corrected chi connectivity index (χ3v) is 5.32. The zero-order chi connectivity index (χ0) is 14.4. The summed E-state index contributed by atoms with van der Waals surface area (Å²) in [7, 11) is 0. The second-order valence-corrected chi connectivity index (χ2v) is 6.32. The van der Waals surface area contributed by atoms with Gasteiger partial charge in [0.1, 0.15) is 0 Å². The predicted molar refractivity (Wildman–Crippen MR) is 78.8 cm³/mol. The number of likely N-dealkylation sites (tertiary alicyclic amines) is 1. The number of fused-ring (bicyclic) bond motifs is 1. The maximum atomic E-state index is 11.5. The van der Waals surface area contributed by atoms with Crippen LogP contribution in [-0.4, -0.2) is 38.0 Å². The molecule has 21 heavy (non-hydrogen) atoms. The largest absolute Gasteiger partial charge is 0.481 e. The number of pyridine rings is 1. The van der Waals surface area contributed by atoms with Crippen molar-refractivity contribution >= 4 is 16.9 Å².